The summed E-state index contributed by atoms with van der Waals surface area (Å²) in [6.07, 6.45) is 5.48. The lowest BCUT2D eigenvalue weighted by molar-refractivity contribution is -0.136. The number of piperazine rings is 1. The third-order valence-corrected chi connectivity index (χ3v) is 15.5. The molecule has 3 saturated heterocycles. The second-order valence-corrected chi connectivity index (χ2v) is 21.5. The van der Waals surface area contributed by atoms with E-state index >= 15 is 0 Å². The van der Waals surface area contributed by atoms with E-state index in [1.54, 1.807) is 24.5 Å². The highest BCUT2D eigenvalue weighted by Crippen LogP contribution is 2.33. The number of hydrogen-bond acceptors (Lipinski definition) is 21. The number of ether oxygens (including phenoxy) is 9. The number of rotatable bonds is 39. The van der Waals surface area contributed by atoms with Crippen LogP contribution in [-0.4, -0.2) is 248 Å². The van der Waals surface area contributed by atoms with Crippen LogP contribution in [0.1, 0.15) is 70.8 Å². The Balaban J connectivity index is 0.542. The molecule has 2 atom stereocenters. The molecular formula is C59H82ClN11O15. The molecule has 0 radical (unpaired) electrons. The van der Waals surface area contributed by atoms with Crippen molar-refractivity contribution in [3.8, 4) is 0 Å². The summed E-state index contributed by atoms with van der Waals surface area (Å²) in [5, 5.41) is 10.2. The fourth-order valence-corrected chi connectivity index (χ4v) is 10.5. The molecule has 6 heterocycles. The van der Waals surface area contributed by atoms with Gasteiger partial charge in [-0.25, -0.2) is 9.97 Å². The number of amides is 6. The van der Waals surface area contributed by atoms with E-state index < -0.39 is 35.2 Å². The fourth-order valence-electron chi connectivity index (χ4n) is 10.4. The van der Waals surface area contributed by atoms with Gasteiger partial charge in [-0.15, -0.1) is 0 Å². The number of carbonyl (C=O) groups excluding carboxylic acids is 6. The lowest BCUT2D eigenvalue weighted by atomic mass is 9.87. The van der Waals surface area contributed by atoms with Crippen molar-refractivity contribution in [2.24, 2.45) is 5.73 Å². The van der Waals surface area contributed by atoms with Crippen LogP contribution in [0.5, 0.6) is 0 Å². The number of aromatic amines is 1. The molecule has 0 spiro atoms. The molecule has 3 fully saturated rings. The topological polar surface area (TPSA) is 302 Å². The van der Waals surface area contributed by atoms with E-state index in [0.29, 0.717) is 188 Å². The van der Waals surface area contributed by atoms with Gasteiger partial charge in [0.25, 0.3) is 11.8 Å². The minimum atomic E-state index is -1.02. The van der Waals surface area contributed by atoms with Gasteiger partial charge >= 0.3 is 0 Å². The molecule has 2 aromatic heterocycles. The van der Waals surface area contributed by atoms with Crippen LogP contribution in [0.4, 0.5) is 11.5 Å². The first-order chi connectivity index (χ1) is 42.0. The highest BCUT2D eigenvalue weighted by molar-refractivity contribution is 6.30. The number of anilines is 2. The van der Waals surface area contributed by atoms with Gasteiger partial charge in [-0.2, -0.15) is 0 Å². The van der Waals surface area contributed by atoms with Gasteiger partial charge in [-0.1, -0.05) is 29.8 Å². The molecule has 27 heteroatoms. The highest BCUT2D eigenvalue weighted by atomic mass is 35.5. The number of halogens is 1. The summed E-state index contributed by atoms with van der Waals surface area (Å²) in [4.78, 5) is 96.3. The zero-order valence-electron chi connectivity index (χ0n) is 48.8. The van der Waals surface area contributed by atoms with Gasteiger partial charge in [0.2, 0.25) is 23.6 Å². The van der Waals surface area contributed by atoms with Crippen molar-refractivity contribution in [3.63, 3.8) is 0 Å². The van der Waals surface area contributed by atoms with Gasteiger partial charge in [0.15, 0.2) is 0 Å². The molecule has 470 valence electrons. The number of nitrogens with one attached hydrogen (secondary N) is 4. The Morgan fingerprint density at radius 3 is 1.84 bits per heavy atom. The second kappa shape index (κ2) is 34.9. The third-order valence-electron chi connectivity index (χ3n) is 15.2. The molecule has 2 unspecified atom stereocenters. The zero-order valence-corrected chi connectivity index (χ0v) is 49.6. The fraction of sp³-hybridized carbons (Fsp3) is 0.593. The first-order valence-electron chi connectivity index (χ1n) is 29.7. The molecule has 4 aliphatic heterocycles. The summed E-state index contributed by atoms with van der Waals surface area (Å²) in [5.41, 5.74) is 8.42. The van der Waals surface area contributed by atoms with Crippen LogP contribution in [-0.2, 0) is 61.8 Å². The molecule has 6 N–H and O–H groups in total. The van der Waals surface area contributed by atoms with E-state index in [2.05, 4.69) is 40.7 Å². The summed E-state index contributed by atoms with van der Waals surface area (Å²) < 4.78 is 50.2. The predicted molar refractivity (Wildman–Crippen MR) is 316 cm³/mol. The molecule has 6 amide bonds. The molecule has 26 nitrogen and oxygen atoms in total. The molecule has 86 heavy (non-hydrogen) atoms. The van der Waals surface area contributed by atoms with E-state index in [1.807, 2.05) is 41.4 Å². The van der Waals surface area contributed by atoms with Gasteiger partial charge in [0, 0.05) is 75.7 Å². The standard InChI is InChI=1S/C59H82ClN11O15/c60-44-6-4-43(5-7-44)47(66-58(77)59(61)13-18-70(19-14-59)54-46-10-15-63-53(46)64-42-65-54)11-17-68-20-22-69(23-21-68)51(73)12-24-78-26-28-80-30-32-82-34-36-84-38-40-86-41-39-85-37-35-83-33-31-81-29-27-79-25-16-62-48-3-1-2-45-52(48)57(76)71(56(45)75)49-8-9-50(72)67-55(49)74/h1-7,10,15,42,47,49,62H,8-9,11-14,16-41,61H2,(H,66,77)(H,63,64,65)(H,67,72,74). The second-order valence-electron chi connectivity index (χ2n) is 21.0. The van der Waals surface area contributed by atoms with Gasteiger partial charge < -0.3 is 73.8 Å². The summed E-state index contributed by atoms with van der Waals surface area (Å²) in [7, 11) is 0. The SMILES string of the molecule is NC1(C(=O)NC(CCN2CCN(C(=O)CCOCCOCCOCCOCCOCCOCCOCCOCCOCCNc3cccc4c3C(=O)N(C3CCC(=O)NC3=O)C4=O)CC2)c2ccc(Cl)cc2)CCN(c2ncnc3[nH]ccc23)CC1. The molecule has 4 aromatic rings. The molecule has 0 saturated carbocycles. The van der Waals surface area contributed by atoms with Crippen LogP contribution >= 0.6 is 11.6 Å². The maximum Gasteiger partial charge on any atom is 0.264 e. The van der Waals surface area contributed by atoms with E-state index in [0.717, 1.165) is 46.9 Å². The number of nitrogens with two attached hydrogens (primary N) is 1. The van der Waals surface area contributed by atoms with E-state index in [4.69, 9.17) is 60.0 Å². The molecule has 0 aliphatic carbocycles. The van der Waals surface area contributed by atoms with Crippen molar-refractivity contribution in [2.45, 2.75) is 56.1 Å². The lowest BCUT2D eigenvalue weighted by Gasteiger charge is -2.39. The number of benzene rings is 2. The molecule has 4 aliphatic rings. The van der Waals surface area contributed by atoms with E-state index in [1.165, 1.54) is 0 Å². The van der Waals surface area contributed by atoms with Crippen LogP contribution < -0.4 is 26.6 Å². The van der Waals surface area contributed by atoms with Crippen molar-refractivity contribution in [1.29, 1.82) is 0 Å². The molecule has 0 bridgehead atoms. The minimum absolute atomic E-state index is 0.0562. The number of aromatic nitrogens is 3. The van der Waals surface area contributed by atoms with Gasteiger partial charge in [0.05, 0.1) is 153 Å². The lowest BCUT2D eigenvalue weighted by Crippen LogP contribution is -2.60. The molecule has 8 rings (SSSR count). The van der Waals surface area contributed by atoms with Crippen molar-refractivity contribution in [3.05, 3.63) is 82.8 Å². The Kier molecular flexibility index (Phi) is 26.7. The number of nitrogens with zero attached hydrogens (tertiary/aromatic N) is 6. The van der Waals surface area contributed by atoms with Gasteiger partial charge in [-0.05, 0) is 61.6 Å². The van der Waals surface area contributed by atoms with Crippen LogP contribution in [0.15, 0.2) is 61.1 Å². The average molecular weight is 1220 g/mol. The van der Waals surface area contributed by atoms with Crippen LogP contribution in [0.2, 0.25) is 5.02 Å². The van der Waals surface area contributed by atoms with E-state index in [-0.39, 0.29) is 41.8 Å². The average Bonchev–Trinajstić information content (AvgIpc) is 1.84. The predicted octanol–water partition coefficient (Wildman–Crippen LogP) is 2.35. The Bertz CT molecular complexity index is 2800. The summed E-state index contributed by atoms with van der Waals surface area (Å²) in [5.74, 6) is -1.47. The van der Waals surface area contributed by atoms with E-state index in [9.17, 15) is 28.8 Å². The maximum absolute atomic E-state index is 13.9. The van der Waals surface area contributed by atoms with Gasteiger partial charge in [-0.3, -0.25) is 43.9 Å². The summed E-state index contributed by atoms with van der Waals surface area (Å²) in [6.45, 7) is 12.3. The van der Waals surface area contributed by atoms with Crippen LogP contribution in [0.3, 0.4) is 0 Å². The van der Waals surface area contributed by atoms with Crippen molar-refractivity contribution in [2.75, 3.05) is 181 Å². The maximum atomic E-state index is 13.9. The number of piperidine rings is 2. The largest absolute Gasteiger partial charge is 0.382 e. The Morgan fingerprint density at radius 1 is 0.686 bits per heavy atom. The van der Waals surface area contributed by atoms with Crippen LogP contribution in [0, 0.1) is 0 Å². The summed E-state index contributed by atoms with van der Waals surface area (Å²) in [6, 6.07) is 13.1. The van der Waals surface area contributed by atoms with Crippen molar-refractivity contribution in [1.82, 2.24) is 40.3 Å². The number of fused-ring (bicyclic) bond motifs is 2. The first-order valence-corrected chi connectivity index (χ1v) is 30.0. The van der Waals surface area contributed by atoms with Crippen LogP contribution in [0.25, 0.3) is 11.0 Å². The Morgan fingerprint density at radius 2 is 1.26 bits per heavy atom. The zero-order chi connectivity index (χ0) is 60.4. The van der Waals surface area contributed by atoms with Crippen molar-refractivity contribution < 1.29 is 71.4 Å². The third kappa shape index (κ3) is 19.6. The number of hydrogen-bond donors (Lipinski definition) is 5. The van der Waals surface area contributed by atoms with Crippen molar-refractivity contribution >= 4 is 69.6 Å². The molecule has 2 aromatic carbocycles. The normalized spacial score (nSPS) is 17.6. The number of H-pyrrole nitrogens is 1. The number of imide groups is 2. The number of carbonyl (C=O) groups is 6. The highest BCUT2D eigenvalue weighted by Gasteiger charge is 2.46. The summed E-state index contributed by atoms with van der Waals surface area (Å²) >= 11 is 6.24. The Hall–Kier alpha value is -6.27. The quantitative estimate of drug-likeness (QED) is 0.0316. The smallest absolute Gasteiger partial charge is 0.264 e. The minimum Gasteiger partial charge on any atom is -0.382 e. The van der Waals surface area contributed by atoms with Gasteiger partial charge in [0.1, 0.15) is 23.8 Å². The Labute approximate surface area is 505 Å². The monoisotopic (exact) mass is 1220 g/mol. The molecular weight excluding hydrogens is 1140 g/mol. The first kappa shape index (κ1) is 65.7.